The summed E-state index contributed by atoms with van der Waals surface area (Å²) in [6.07, 6.45) is 4.76. The molecule has 160 valence electrons. The minimum Gasteiger partial charge on any atom is -0.374 e. The second kappa shape index (κ2) is 8.16. The molecule has 0 aliphatic carbocycles. The van der Waals surface area contributed by atoms with Crippen molar-refractivity contribution >= 4 is 28.5 Å². The Hall–Kier alpha value is -4.18. The number of rotatable bonds is 3. The van der Waals surface area contributed by atoms with Gasteiger partial charge in [0.2, 0.25) is 5.82 Å². The van der Waals surface area contributed by atoms with Crippen LogP contribution in [0.4, 0.5) is 5.69 Å². The van der Waals surface area contributed by atoms with Gasteiger partial charge in [-0.3, -0.25) is 9.59 Å². The van der Waals surface area contributed by atoms with Crippen LogP contribution >= 0.6 is 0 Å². The van der Waals surface area contributed by atoms with Crippen LogP contribution in [0, 0.1) is 0 Å². The first-order chi connectivity index (χ1) is 15.6. The number of hydrogen-bond donors (Lipinski definition) is 1. The second-order valence-corrected chi connectivity index (χ2v) is 7.28. The highest BCUT2D eigenvalue weighted by molar-refractivity contribution is 6.02. The number of anilines is 1. The van der Waals surface area contributed by atoms with Gasteiger partial charge in [-0.15, -0.1) is 0 Å². The minimum absolute atomic E-state index is 0.0390. The van der Waals surface area contributed by atoms with E-state index in [1.807, 2.05) is 30.3 Å². The molecule has 5 rings (SSSR count). The number of amides is 2. The molecule has 0 bridgehead atoms. The van der Waals surface area contributed by atoms with Gasteiger partial charge in [0, 0.05) is 30.7 Å². The summed E-state index contributed by atoms with van der Waals surface area (Å²) in [6, 6.07) is 12.0. The Labute approximate surface area is 182 Å². The first-order valence-corrected chi connectivity index (χ1v) is 9.98. The highest BCUT2D eigenvalue weighted by Gasteiger charge is 2.29. The summed E-state index contributed by atoms with van der Waals surface area (Å²) in [5, 5.41) is 7.65. The molecule has 0 unspecified atom stereocenters. The molecule has 1 atom stereocenters. The van der Waals surface area contributed by atoms with Crippen molar-refractivity contribution in [1.29, 1.82) is 0 Å². The van der Waals surface area contributed by atoms with Gasteiger partial charge in [-0.25, -0.2) is 15.0 Å². The quantitative estimate of drug-likeness (QED) is 0.525. The summed E-state index contributed by atoms with van der Waals surface area (Å²) in [4.78, 5) is 40.2. The van der Waals surface area contributed by atoms with E-state index in [1.165, 1.54) is 15.8 Å². The summed E-state index contributed by atoms with van der Waals surface area (Å²) in [6.45, 7) is 0.378. The topological polar surface area (TPSA) is 115 Å². The van der Waals surface area contributed by atoms with Gasteiger partial charge in [0.15, 0.2) is 11.5 Å². The van der Waals surface area contributed by atoms with Crippen molar-refractivity contribution in [3.63, 3.8) is 0 Å². The van der Waals surface area contributed by atoms with Crippen LogP contribution in [0.25, 0.3) is 16.9 Å². The van der Waals surface area contributed by atoms with Crippen LogP contribution in [0.5, 0.6) is 0 Å². The van der Waals surface area contributed by atoms with Crippen LogP contribution in [-0.4, -0.2) is 56.2 Å². The molecule has 0 spiro atoms. The van der Waals surface area contributed by atoms with Crippen molar-refractivity contribution in [2.45, 2.75) is 12.6 Å². The van der Waals surface area contributed by atoms with E-state index in [0.717, 1.165) is 11.3 Å². The molecule has 1 N–H and O–H groups in total. The normalized spacial score (nSPS) is 16.3. The monoisotopic (exact) mass is 429 g/mol. The molecule has 4 heterocycles. The number of nitrogens with zero attached hydrogens (tertiary/aromatic N) is 6. The van der Waals surface area contributed by atoms with Crippen molar-refractivity contribution in [3.05, 3.63) is 72.4 Å². The SMILES string of the molecule is CN1C(=O)[C@@H](NC(=O)c2ncc3cnn(-c4ccccn4)c3n2)COCc2ccccc21. The Balaban J connectivity index is 1.40. The summed E-state index contributed by atoms with van der Waals surface area (Å²) < 4.78 is 7.21. The fourth-order valence-electron chi connectivity index (χ4n) is 3.57. The lowest BCUT2D eigenvalue weighted by atomic mass is 10.1. The Morgan fingerprint density at radius 2 is 1.97 bits per heavy atom. The third-order valence-electron chi connectivity index (χ3n) is 5.21. The fraction of sp³-hybridized carbons (Fsp3) is 0.182. The number of pyridine rings is 1. The molecule has 4 aromatic rings. The average molecular weight is 429 g/mol. The summed E-state index contributed by atoms with van der Waals surface area (Å²) in [7, 11) is 1.68. The lowest BCUT2D eigenvalue weighted by Gasteiger charge is -2.28. The van der Waals surface area contributed by atoms with E-state index in [4.69, 9.17) is 4.74 Å². The molecule has 2 amide bonds. The van der Waals surface area contributed by atoms with E-state index in [0.29, 0.717) is 23.5 Å². The van der Waals surface area contributed by atoms with Crippen molar-refractivity contribution in [2.75, 3.05) is 18.6 Å². The van der Waals surface area contributed by atoms with Crippen molar-refractivity contribution in [3.8, 4) is 5.82 Å². The van der Waals surface area contributed by atoms with Crippen molar-refractivity contribution in [2.24, 2.45) is 0 Å². The lowest BCUT2D eigenvalue weighted by molar-refractivity contribution is -0.122. The van der Waals surface area contributed by atoms with Gasteiger partial charge in [0.05, 0.1) is 24.8 Å². The van der Waals surface area contributed by atoms with Crippen molar-refractivity contribution in [1.82, 2.24) is 30.0 Å². The zero-order valence-corrected chi connectivity index (χ0v) is 17.2. The number of aromatic nitrogens is 5. The molecule has 10 heteroatoms. The number of ether oxygens (including phenoxy) is 1. The van der Waals surface area contributed by atoms with Crippen LogP contribution in [0.3, 0.4) is 0 Å². The molecular formula is C22H19N7O3. The van der Waals surface area contributed by atoms with E-state index in [-0.39, 0.29) is 18.3 Å². The Morgan fingerprint density at radius 3 is 2.81 bits per heavy atom. The van der Waals surface area contributed by atoms with Crippen LogP contribution in [0.15, 0.2) is 61.1 Å². The van der Waals surface area contributed by atoms with Gasteiger partial charge in [-0.2, -0.15) is 9.78 Å². The van der Waals surface area contributed by atoms with E-state index in [2.05, 4.69) is 25.4 Å². The molecule has 1 aromatic carbocycles. The molecule has 32 heavy (non-hydrogen) atoms. The maximum atomic E-state index is 13.0. The third kappa shape index (κ3) is 3.56. The molecular weight excluding hydrogens is 410 g/mol. The maximum absolute atomic E-state index is 13.0. The number of carbonyl (C=O) groups excluding carboxylic acids is 2. The molecule has 0 saturated carbocycles. The molecule has 1 aliphatic heterocycles. The number of likely N-dealkylation sites (N-methyl/N-ethyl adjacent to an activating group) is 1. The van der Waals surface area contributed by atoms with Gasteiger partial charge in [-0.05, 0) is 18.2 Å². The Bertz CT molecular complexity index is 1310. The van der Waals surface area contributed by atoms with E-state index >= 15 is 0 Å². The van der Waals surface area contributed by atoms with Crippen LogP contribution < -0.4 is 10.2 Å². The zero-order chi connectivity index (χ0) is 22.1. The molecule has 10 nitrogen and oxygen atoms in total. The number of fused-ring (bicyclic) bond motifs is 2. The number of para-hydroxylation sites is 1. The molecule has 0 fully saturated rings. The second-order valence-electron chi connectivity index (χ2n) is 7.28. The smallest absolute Gasteiger partial charge is 0.289 e. The number of benzene rings is 1. The van der Waals surface area contributed by atoms with Crippen LogP contribution in [0.1, 0.15) is 16.2 Å². The summed E-state index contributed by atoms with van der Waals surface area (Å²) >= 11 is 0. The molecule has 1 aliphatic rings. The minimum atomic E-state index is -0.874. The lowest BCUT2D eigenvalue weighted by Crippen LogP contribution is -2.51. The van der Waals surface area contributed by atoms with Gasteiger partial charge >= 0.3 is 0 Å². The predicted molar refractivity (Wildman–Crippen MR) is 115 cm³/mol. The molecule has 3 aromatic heterocycles. The first-order valence-electron chi connectivity index (χ1n) is 9.98. The van der Waals surface area contributed by atoms with Crippen LogP contribution in [-0.2, 0) is 16.1 Å². The standard InChI is InChI=1S/C22H19N7O3/c1-28-17-7-3-2-6-14(17)12-32-13-16(22(28)31)26-21(30)19-24-10-15-11-25-29(20(15)27-19)18-8-4-5-9-23-18/h2-11,16H,12-13H2,1H3,(H,26,30)/t16-/m0/s1. The number of hydrogen-bond acceptors (Lipinski definition) is 7. The Kier molecular flexibility index (Phi) is 5.04. The zero-order valence-electron chi connectivity index (χ0n) is 17.2. The van der Waals surface area contributed by atoms with Gasteiger partial charge in [0.1, 0.15) is 6.04 Å². The van der Waals surface area contributed by atoms with Gasteiger partial charge < -0.3 is 15.0 Å². The van der Waals surface area contributed by atoms with E-state index < -0.39 is 11.9 Å². The average Bonchev–Trinajstić information content (AvgIpc) is 3.26. The van der Waals surface area contributed by atoms with Crippen molar-refractivity contribution < 1.29 is 14.3 Å². The number of carbonyl (C=O) groups is 2. The third-order valence-corrected chi connectivity index (χ3v) is 5.21. The highest BCUT2D eigenvalue weighted by atomic mass is 16.5. The summed E-state index contributed by atoms with van der Waals surface area (Å²) in [5.74, 6) is -0.375. The number of nitrogens with one attached hydrogen (secondary N) is 1. The highest BCUT2D eigenvalue weighted by Crippen LogP contribution is 2.23. The summed E-state index contributed by atoms with van der Waals surface area (Å²) in [5.41, 5.74) is 2.09. The van der Waals surface area contributed by atoms with E-state index in [9.17, 15) is 9.59 Å². The Morgan fingerprint density at radius 1 is 1.12 bits per heavy atom. The molecule has 0 radical (unpaired) electrons. The fourth-order valence-corrected chi connectivity index (χ4v) is 3.57. The molecule has 0 saturated heterocycles. The van der Waals surface area contributed by atoms with Gasteiger partial charge in [0.25, 0.3) is 11.8 Å². The van der Waals surface area contributed by atoms with Crippen LogP contribution in [0.2, 0.25) is 0 Å². The van der Waals surface area contributed by atoms with E-state index in [1.54, 1.807) is 31.6 Å². The predicted octanol–water partition coefficient (Wildman–Crippen LogP) is 1.50. The van der Waals surface area contributed by atoms with Gasteiger partial charge in [-0.1, -0.05) is 24.3 Å². The maximum Gasteiger partial charge on any atom is 0.289 e. The largest absolute Gasteiger partial charge is 0.374 e. The first kappa shape index (κ1) is 19.8.